The second-order valence-corrected chi connectivity index (χ2v) is 22.8. The first-order valence-corrected chi connectivity index (χ1v) is 28.5. The summed E-state index contributed by atoms with van der Waals surface area (Å²) in [7, 11) is 0. The van der Waals surface area contributed by atoms with Gasteiger partial charge in [0.1, 0.15) is 5.58 Å². The highest BCUT2D eigenvalue weighted by atomic mass is 16.3. The Morgan fingerprint density at radius 3 is 1.12 bits per heavy atom. The number of rotatable bonds is 10. The van der Waals surface area contributed by atoms with E-state index in [2.05, 4.69) is 310 Å². The molecule has 0 saturated heterocycles. The zero-order valence-corrected chi connectivity index (χ0v) is 46.4. The van der Waals surface area contributed by atoms with Crippen molar-refractivity contribution in [3.63, 3.8) is 0 Å². The molecule has 82 heavy (non-hydrogen) atoms. The van der Waals surface area contributed by atoms with Crippen LogP contribution >= 0.6 is 0 Å². The monoisotopic (exact) mass is 1050 g/mol. The van der Waals surface area contributed by atoms with Gasteiger partial charge in [-0.2, -0.15) is 0 Å². The van der Waals surface area contributed by atoms with E-state index >= 15 is 0 Å². The number of benzene rings is 13. The molecule has 0 unspecified atom stereocenters. The van der Waals surface area contributed by atoms with E-state index in [0.717, 1.165) is 50.4 Å². The molecule has 0 radical (unpaired) electrons. The first-order chi connectivity index (χ1) is 40.3. The Morgan fingerprint density at radius 1 is 0.280 bits per heavy atom. The van der Waals surface area contributed by atoms with Crippen molar-refractivity contribution in [2.24, 2.45) is 0 Å². The summed E-state index contributed by atoms with van der Waals surface area (Å²) in [5.41, 5.74) is 25.3. The van der Waals surface area contributed by atoms with Crippen molar-refractivity contribution in [3.8, 4) is 66.8 Å². The summed E-state index contributed by atoms with van der Waals surface area (Å²) in [4.78, 5) is 4.84. The summed E-state index contributed by atoms with van der Waals surface area (Å²) in [6.07, 6.45) is 0. The van der Waals surface area contributed by atoms with Crippen molar-refractivity contribution in [2.45, 2.75) is 33.1 Å². The predicted octanol–water partition coefficient (Wildman–Crippen LogP) is 22.8. The van der Waals surface area contributed by atoms with Gasteiger partial charge in [0, 0.05) is 39.2 Å². The van der Waals surface area contributed by atoms with Crippen molar-refractivity contribution in [2.75, 3.05) is 9.80 Å². The number of hydrogen-bond donors (Lipinski definition) is 0. The Balaban J connectivity index is 1.08. The highest BCUT2D eigenvalue weighted by Crippen LogP contribution is 2.66. The fourth-order valence-corrected chi connectivity index (χ4v) is 13.0. The van der Waals surface area contributed by atoms with Gasteiger partial charge in [-0.25, -0.2) is 0 Å². The topological polar surface area (TPSA) is 19.6 Å². The normalized spacial score (nSPS) is 11.9. The minimum atomic E-state index is -0.0405. The van der Waals surface area contributed by atoms with Gasteiger partial charge in [-0.3, -0.25) is 0 Å². The lowest BCUT2D eigenvalue weighted by Crippen LogP contribution is -2.15. The average molecular weight is 1050 g/mol. The summed E-state index contributed by atoms with van der Waals surface area (Å²) in [5.74, 6) is 0. The molecule has 0 saturated carbocycles. The molecule has 14 aromatic rings. The molecule has 390 valence electrons. The van der Waals surface area contributed by atoms with Crippen molar-refractivity contribution in [1.29, 1.82) is 0 Å². The minimum absolute atomic E-state index is 0.0405. The fraction of sp³-hybridized carbons (Fsp3) is 0.0633. The smallest absolute Gasteiger partial charge is 0.159 e. The maximum absolute atomic E-state index is 6.83. The van der Waals surface area contributed by atoms with Gasteiger partial charge in [-0.1, -0.05) is 233 Å². The third-order valence-corrected chi connectivity index (χ3v) is 16.8. The van der Waals surface area contributed by atoms with E-state index < -0.39 is 0 Å². The lowest BCUT2D eigenvalue weighted by atomic mass is 9.65. The van der Waals surface area contributed by atoms with Gasteiger partial charge >= 0.3 is 0 Å². The standard InChI is InChI=1S/C79H58N2O/c1-51-42-43-56(79(2,3)4)48-68(51)81(58-36-21-10-22-37-58)60-45-47-63-66(50-60)73(55-32-17-8-18-33-55)77-74-70(52-26-11-5-12-27-52)62-46-44-59(49-65(62)72(54-30-15-7-16-31-54)76(74)75(77)71(63)53-28-13-6-14-29-53)80(57-34-19-9-20-35-57)67-40-25-39-64-61-38-23-24-41-69(61)82-78(64)67/h5-50H,1-4H3. The second kappa shape index (κ2) is 19.5. The molecule has 1 aromatic heterocycles. The SMILES string of the molecule is Cc1ccc(C(C)(C)C)cc1N(c1ccccc1)c1ccc2c(-c3ccccc3)c3c(c(-c4ccccc4)c2c1)-c1c-3c(-c2ccccc2)c2cc(N(c3ccccc3)c3cccc4c3oc3ccccc34)ccc2c1-c1ccccc1. The zero-order chi connectivity index (χ0) is 55.1. The van der Waals surface area contributed by atoms with Crippen LogP contribution in [0.2, 0.25) is 0 Å². The number of nitrogens with zero attached hydrogens (tertiary/aromatic N) is 2. The van der Waals surface area contributed by atoms with E-state index in [1.54, 1.807) is 0 Å². The van der Waals surface area contributed by atoms with Gasteiger partial charge in [0.05, 0.1) is 5.69 Å². The highest BCUT2D eigenvalue weighted by Gasteiger charge is 2.39. The summed E-state index contributed by atoms with van der Waals surface area (Å²) < 4.78 is 6.83. The first kappa shape index (κ1) is 48.9. The summed E-state index contributed by atoms with van der Waals surface area (Å²) >= 11 is 0. The molecule has 1 aliphatic carbocycles. The van der Waals surface area contributed by atoms with Gasteiger partial charge in [-0.05, 0) is 179 Å². The number of anilines is 6. The Morgan fingerprint density at radius 2 is 0.671 bits per heavy atom. The van der Waals surface area contributed by atoms with Crippen LogP contribution in [0.25, 0.3) is 110 Å². The average Bonchev–Trinajstić information content (AvgIpc) is 0.872. The molecule has 0 bridgehead atoms. The molecule has 3 nitrogen and oxygen atoms in total. The highest BCUT2D eigenvalue weighted by molar-refractivity contribution is 6.33. The minimum Gasteiger partial charge on any atom is -0.454 e. The molecule has 0 atom stereocenters. The van der Waals surface area contributed by atoms with Gasteiger partial charge in [-0.15, -0.1) is 0 Å². The van der Waals surface area contributed by atoms with Gasteiger partial charge in [0.15, 0.2) is 5.58 Å². The Labute approximate surface area is 479 Å². The third-order valence-electron chi connectivity index (χ3n) is 16.8. The quantitative estimate of drug-likeness (QED) is 0.136. The number of para-hydroxylation sites is 4. The molecule has 3 heteroatoms. The van der Waals surface area contributed by atoms with Crippen LogP contribution in [0.3, 0.4) is 0 Å². The molecule has 0 aliphatic heterocycles. The molecule has 15 rings (SSSR count). The predicted molar refractivity (Wildman–Crippen MR) is 348 cm³/mol. The number of hydrogen-bond acceptors (Lipinski definition) is 3. The van der Waals surface area contributed by atoms with Crippen LogP contribution in [0.1, 0.15) is 31.9 Å². The molecule has 0 spiro atoms. The summed E-state index contributed by atoms with van der Waals surface area (Å²) in [5, 5.41) is 6.95. The number of furan rings is 1. The maximum Gasteiger partial charge on any atom is 0.159 e. The van der Waals surface area contributed by atoms with Crippen LogP contribution in [0.5, 0.6) is 0 Å². The van der Waals surface area contributed by atoms with Crippen LogP contribution in [-0.4, -0.2) is 0 Å². The molecule has 0 N–H and O–H groups in total. The zero-order valence-electron chi connectivity index (χ0n) is 46.4. The van der Waals surface area contributed by atoms with E-state index in [1.165, 1.54) is 105 Å². The molecule has 1 aliphatic rings. The van der Waals surface area contributed by atoms with Crippen LogP contribution in [0.15, 0.2) is 283 Å². The van der Waals surface area contributed by atoms with E-state index in [9.17, 15) is 0 Å². The van der Waals surface area contributed by atoms with Gasteiger partial charge in [0.2, 0.25) is 0 Å². The molecule has 0 amide bonds. The van der Waals surface area contributed by atoms with Crippen LogP contribution in [0, 0.1) is 6.92 Å². The van der Waals surface area contributed by atoms with Crippen molar-refractivity contribution in [3.05, 3.63) is 290 Å². The van der Waals surface area contributed by atoms with Crippen LogP contribution in [0.4, 0.5) is 34.1 Å². The maximum atomic E-state index is 6.83. The third kappa shape index (κ3) is 7.95. The lowest BCUT2D eigenvalue weighted by Gasteiger charge is -2.38. The van der Waals surface area contributed by atoms with E-state index in [1.807, 2.05) is 6.07 Å². The van der Waals surface area contributed by atoms with Gasteiger partial charge < -0.3 is 14.2 Å². The van der Waals surface area contributed by atoms with E-state index in [-0.39, 0.29) is 5.41 Å². The van der Waals surface area contributed by atoms with Crippen molar-refractivity contribution in [1.82, 2.24) is 0 Å². The lowest BCUT2D eigenvalue weighted by molar-refractivity contribution is 0.590. The van der Waals surface area contributed by atoms with Crippen molar-refractivity contribution >= 4 is 77.6 Å². The Bertz CT molecular complexity index is 4750. The van der Waals surface area contributed by atoms with Gasteiger partial charge in [0.25, 0.3) is 0 Å². The molecule has 13 aromatic carbocycles. The van der Waals surface area contributed by atoms with E-state index in [0.29, 0.717) is 0 Å². The fourth-order valence-electron chi connectivity index (χ4n) is 13.0. The summed E-state index contributed by atoms with van der Waals surface area (Å²) in [6, 6.07) is 102. The second-order valence-electron chi connectivity index (χ2n) is 22.8. The Hall–Kier alpha value is -10.2. The number of fused-ring (bicyclic) bond motifs is 9. The Kier molecular flexibility index (Phi) is 11.7. The van der Waals surface area contributed by atoms with Crippen LogP contribution in [-0.2, 0) is 5.41 Å². The molecular weight excluding hydrogens is 993 g/mol. The first-order valence-electron chi connectivity index (χ1n) is 28.5. The molecule has 1 heterocycles. The van der Waals surface area contributed by atoms with Crippen molar-refractivity contribution < 1.29 is 4.42 Å². The van der Waals surface area contributed by atoms with E-state index in [4.69, 9.17) is 4.42 Å². The summed E-state index contributed by atoms with van der Waals surface area (Å²) in [6.45, 7) is 9.14. The molecule has 0 fully saturated rings. The van der Waals surface area contributed by atoms with Crippen LogP contribution < -0.4 is 9.80 Å². The largest absolute Gasteiger partial charge is 0.454 e. The molecular formula is C79H58N2O. The number of aryl methyl sites for hydroxylation is 1.